The molecule has 2 rings (SSSR count). The summed E-state index contributed by atoms with van der Waals surface area (Å²) in [5, 5.41) is 3.12. The van der Waals surface area contributed by atoms with Crippen LogP contribution in [0.15, 0.2) is 43.0 Å². The molecule has 1 amide bonds. The van der Waals surface area contributed by atoms with E-state index in [0.717, 1.165) is 38.9 Å². The number of nitrogens with zero attached hydrogens (tertiary/aromatic N) is 1. The first-order valence-corrected chi connectivity index (χ1v) is 8.70. The van der Waals surface area contributed by atoms with Crippen molar-refractivity contribution in [2.45, 2.75) is 57.7 Å². The number of carbonyl (C=O) groups excluding carboxylic acids is 1. The van der Waals surface area contributed by atoms with E-state index in [9.17, 15) is 4.79 Å². The Kier molecular flexibility index (Phi) is 6.05. The van der Waals surface area contributed by atoms with Gasteiger partial charge in [0.05, 0.1) is 0 Å². The predicted octanol–water partition coefficient (Wildman–Crippen LogP) is 4.12. The van der Waals surface area contributed by atoms with Crippen LogP contribution >= 0.6 is 0 Å². The van der Waals surface area contributed by atoms with Gasteiger partial charge in [-0.2, -0.15) is 0 Å². The molecule has 1 aromatic carbocycles. The number of hydrogen-bond donors (Lipinski definition) is 1. The van der Waals surface area contributed by atoms with E-state index in [2.05, 4.69) is 41.1 Å². The van der Waals surface area contributed by atoms with Crippen molar-refractivity contribution >= 4 is 6.09 Å². The summed E-state index contributed by atoms with van der Waals surface area (Å²) in [4.78, 5) is 14.6. The number of likely N-dealkylation sites (tertiary alicyclic amines) is 1. The number of ether oxygens (including phenoxy) is 1. The molecule has 1 N–H and O–H groups in total. The molecule has 132 valence electrons. The average Bonchev–Trinajstić information content (AvgIpc) is 2.49. The predicted molar refractivity (Wildman–Crippen MR) is 97.9 cm³/mol. The van der Waals surface area contributed by atoms with Crippen LogP contribution in [0.25, 0.3) is 0 Å². The number of rotatable bonds is 5. The van der Waals surface area contributed by atoms with Crippen molar-refractivity contribution in [3.8, 4) is 0 Å². The first kappa shape index (κ1) is 18.5. The molecule has 4 heteroatoms. The average molecular weight is 330 g/mol. The summed E-state index contributed by atoms with van der Waals surface area (Å²) >= 11 is 0. The summed E-state index contributed by atoms with van der Waals surface area (Å²) < 4.78 is 5.44. The van der Waals surface area contributed by atoms with Gasteiger partial charge in [-0.05, 0) is 45.6 Å². The molecule has 24 heavy (non-hydrogen) atoms. The van der Waals surface area contributed by atoms with Crippen molar-refractivity contribution in [1.29, 1.82) is 0 Å². The Balaban J connectivity index is 1.93. The second kappa shape index (κ2) is 7.84. The van der Waals surface area contributed by atoms with Crippen molar-refractivity contribution < 1.29 is 9.53 Å². The van der Waals surface area contributed by atoms with Crippen LogP contribution in [-0.2, 0) is 11.3 Å². The third-order valence-electron chi connectivity index (χ3n) is 4.36. The fourth-order valence-corrected chi connectivity index (χ4v) is 3.16. The zero-order valence-corrected chi connectivity index (χ0v) is 15.2. The molecule has 1 fully saturated rings. The minimum atomic E-state index is -0.479. The topological polar surface area (TPSA) is 41.6 Å². The molecular weight excluding hydrogens is 300 g/mol. The lowest BCUT2D eigenvalue weighted by Crippen LogP contribution is -2.55. The Morgan fingerprint density at radius 3 is 2.46 bits per heavy atom. The fourth-order valence-electron chi connectivity index (χ4n) is 3.16. The van der Waals surface area contributed by atoms with Crippen molar-refractivity contribution in [3.05, 3.63) is 48.6 Å². The van der Waals surface area contributed by atoms with Crippen LogP contribution in [0.5, 0.6) is 0 Å². The molecule has 0 atom stereocenters. The highest BCUT2D eigenvalue weighted by Crippen LogP contribution is 2.27. The summed E-state index contributed by atoms with van der Waals surface area (Å²) in [6, 6.07) is 10.5. The molecule has 0 spiro atoms. The van der Waals surface area contributed by atoms with Gasteiger partial charge in [0.2, 0.25) is 0 Å². The van der Waals surface area contributed by atoms with Gasteiger partial charge in [0, 0.05) is 25.2 Å². The largest absolute Gasteiger partial charge is 0.444 e. The van der Waals surface area contributed by atoms with E-state index in [1.165, 1.54) is 5.56 Å². The van der Waals surface area contributed by atoms with Crippen LogP contribution in [0.2, 0.25) is 0 Å². The Bertz CT molecular complexity index is 541. The number of hydrogen-bond acceptors (Lipinski definition) is 3. The maximum atomic E-state index is 12.2. The van der Waals surface area contributed by atoms with Crippen LogP contribution in [0, 0.1) is 0 Å². The van der Waals surface area contributed by atoms with E-state index >= 15 is 0 Å². The number of alkyl carbamates (subject to hydrolysis) is 1. The third-order valence-corrected chi connectivity index (χ3v) is 4.36. The standard InChI is InChI=1S/C20H30N2O2/c1-5-11-20(21-18(23)24-19(2,3)4)12-14-22(15-13-20)16-17-9-7-6-8-10-17/h5-10H,1,11-16H2,2-4H3,(H,21,23). The maximum absolute atomic E-state index is 12.2. The quantitative estimate of drug-likeness (QED) is 0.826. The van der Waals surface area contributed by atoms with Gasteiger partial charge in [-0.3, -0.25) is 4.90 Å². The molecule has 4 nitrogen and oxygen atoms in total. The lowest BCUT2D eigenvalue weighted by atomic mass is 9.84. The van der Waals surface area contributed by atoms with E-state index in [1.807, 2.05) is 32.9 Å². The van der Waals surface area contributed by atoms with Crippen LogP contribution in [-0.4, -0.2) is 35.2 Å². The smallest absolute Gasteiger partial charge is 0.408 e. The number of amides is 1. The minimum absolute atomic E-state index is 0.239. The summed E-state index contributed by atoms with van der Waals surface area (Å²) in [5.41, 5.74) is 0.610. The maximum Gasteiger partial charge on any atom is 0.408 e. The monoisotopic (exact) mass is 330 g/mol. The Morgan fingerprint density at radius 1 is 1.29 bits per heavy atom. The molecule has 0 radical (unpaired) electrons. The van der Waals surface area contributed by atoms with Gasteiger partial charge < -0.3 is 10.1 Å². The molecule has 1 heterocycles. The molecule has 1 aromatic rings. The van der Waals surface area contributed by atoms with E-state index < -0.39 is 5.60 Å². The molecule has 0 aliphatic carbocycles. The van der Waals surface area contributed by atoms with Gasteiger partial charge in [-0.1, -0.05) is 36.4 Å². The molecule has 0 aromatic heterocycles. The van der Waals surface area contributed by atoms with Gasteiger partial charge in [0.1, 0.15) is 5.60 Å². The van der Waals surface area contributed by atoms with E-state index in [-0.39, 0.29) is 11.6 Å². The molecule has 0 saturated carbocycles. The molecule has 1 aliphatic rings. The second-order valence-electron chi connectivity index (χ2n) is 7.66. The van der Waals surface area contributed by atoms with Crippen LogP contribution in [0.4, 0.5) is 4.79 Å². The van der Waals surface area contributed by atoms with Crippen LogP contribution < -0.4 is 5.32 Å². The van der Waals surface area contributed by atoms with Gasteiger partial charge in [-0.25, -0.2) is 4.79 Å². The van der Waals surface area contributed by atoms with Gasteiger partial charge in [0.25, 0.3) is 0 Å². The summed E-state index contributed by atoms with van der Waals surface area (Å²) in [6.07, 6.45) is 4.15. The highest BCUT2D eigenvalue weighted by Gasteiger charge is 2.36. The van der Waals surface area contributed by atoms with Crippen molar-refractivity contribution in [2.24, 2.45) is 0 Å². The first-order chi connectivity index (χ1) is 11.3. The Morgan fingerprint density at radius 2 is 1.92 bits per heavy atom. The zero-order chi connectivity index (χ0) is 17.6. The Hall–Kier alpha value is -1.81. The summed E-state index contributed by atoms with van der Waals surface area (Å²) in [7, 11) is 0. The first-order valence-electron chi connectivity index (χ1n) is 8.70. The van der Waals surface area contributed by atoms with Crippen LogP contribution in [0.3, 0.4) is 0 Å². The SMILES string of the molecule is C=CCC1(NC(=O)OC(C)(C)C)CCN(Cc2ccccc2)CC1. The number of piperidine rings is 1. The van der Waals surface area contributed by atoms with Crippen molar-refractivity contribution in [2.75, 3.05) is 13.1 Å². The number of carbonyl (C=O) groups is 1. The van der Waals surface area contributed by atoms with Crippen molar-refractivity contribution in [1.82, 2.24) is 10.2 Å². The van der Waals surface area contributed by atoms with Gasteiger partial charge in [-0.15, -0.1) is 6.58 Å². The summed E-state index contributed by atoms with van der Waals surface area (Å²) in [6.45, 7) is 12.4. The fraction of sp³-hybridized carbons (Fsp3) is 0.550. The highest BCUT2D eigenvalue weighted by atomic mass is 16.6. The zero-order valence-electron chi connectivity index (χ0n) is 15.2. The normalized spacial score (nSPS) is 18.0. The van der Waals surface area contributed by atoms with E-state index in [4.69, 9.17) is 4.74 Å². The molecular formula is C20H30N2O2. The molecule has 1 saturated heterocycles. The minimum Gasteiger partial charge on any atom is -0.444 e. The van der Waals surface area contributed by atoms with Gasteiger partial charge in [0.15, 0.2) is 0 Å². The number of nitrogens with one attached hydrogen (secondary N) is 1. The lowest BCUT2D eigenvalue weighted by molar-refractivity contribution is 0.0383. The molecule has 0 unspecified atom stereocenters. The Labute approximate surface area is 145 Å². The van der Waals surface area contributed by atoms with Gasteiger partial charge >= 0.3 is 6.09 Å². The second-order valence-corrected chi connectivity index (χ2v) is 7.66. The van der Waals surface area contributed by atoms with E-state index in [1.54, 1.807) is 0 Å². The highest BCUT2D eigenvalue weighted by molar-refractivity contribution is 5.68. The van der Waals surface area contributed by atoms with Crippen molar-refractivity contribution in [3.63, 3.8) is 0 Å². The van der Waals surface area contributed by atoms with E-state index in [0.29, 0.717) is 0 Å². The lowest BCUT2D eigenvalue weighted by Gasteiger charge is -2.42. The summed E-state index contributed by atoms with van der Waals surface area (Å²) in [5.74, 6) is 0. The van der Waals surface area contributed by atoms with Crippen LogP contribution in [0.1, 0.15) is 45.6 Å². The molecule has 0 bridgehead atoms. The third kappa shape index (κ3) is 5.68. The molecule has 1 aliphatic heterocycles. The number of benzene rings is 1.